The zero-order chi connectivity index (χ0) is 14.7. The summed E-state index contributed by atoms with van der Waals surface area (Å²) in [5.41, 5.74) is 2.65. The van der Waals surface area contributed by atoms with Gasteiger partial charge in [-0.2, -0.15) is 0 Å². The second kappa shape index (κ2) is 6.92. The molecule has 0 saturated carbocycles. The highest BCUT2D eigenvalue weighted by Crippen LogP contribution is 2.27. The smallest absolute Gasteiger partial charge is 0.0378 e. The Hall–Kier alpha value is -0.580. The predicted octanol–water partition coefficient (Wildman–Crippen LogP) is 3.09. The highest BCUT2D eigenvalue weighted by molar-refractivity contribution is 9.10. The van der Waals surface area contributed by atoms with Crippen molar-refractivity contribution >= 4 is 21.6 Å². The highest BCUT2D eigenvalue weighted by Gasteiger charge is 2.26. The first-order chi connectivity index (χ1) is 9.52. The Morgan fingerprint density at radius 1 is 1.25 bits per heavy atom. The van der Waals surface area contributed by atoms with Crippen LogP contribution in [-0.4, -0.2) is 43.7 Å². The Morgan fingerprint density at radius 2 is 1.90 bits per heavy atom. The maximum atomic E-state index is 3.71. The van der Waals surface area contributed by atoms with Gasteiger partial charge in [-0.15, -0.1) is 0 Å². The van der Waals surface area contributed by atoms with E-state index >= 15 is 0 Å². The molecule has 1 fully saturated rings. The van der Waals surface area contributed by atoms with Crippen LogP contribution in [0, 0.1) is 0 Å². The van der Waals surface area contributed by atoms with Crippen LogP contribution in [0.3, 0.4) is 0 Å². The van der Waals surface area contributed by atoms with Crippen molar-refractivity contribution < 1.29 is 0 Å². The lowest BCUT2D eigenvalue weighted by atomic mass is 10.1. The van der Waals surface area contributed by atoms with Gasteiger partial charge in [0.2, 0.25) is 0 Å². The summed E-state index contributed by atoms with van der Waals surface area (Å²) in [5.74, 6) is 0. The molecule has 0 radical (unpaired) electrons. The van der Waals surface area contributed by atoms with Gasteiger partial charge in [-0.1, -0.05) is 28.9 Å². The summed E-state index contributed by atoms with van der Waals surface area (Å²) in [6, 6.07) is 7.94. The van der Waals surface area contributed by atoms with Crippen LogP contribution >= 0.6 is 15.9 Å². The summed E-state index contributed by atoms with van der Waals surface area (Å²) in [5, 5.41) is 3.37. The molecule has 3 nitrogen and oxygen atoms in total. The van der Waals surface area contributed by atoms with Crippen LogP contribution in [0.4, 0.5) is 5.69 Å². The number of hydrogen-bond donors (Lipinski definition) is 1. The first-order valence-corrected chi connectivity index (χ1v) is 8.28. The molecular formula is C16H26BrN3. The quantitative estimate of drug-likeness (QED) is 0.909. The number of halogens is 1. The molecule has 1 aromatic rings. The largest absolute Gasteiger partial charge is 0.368 e. The van der Waals surface area contributed by atoms with Crippen molar-refractivity contribution in [1.82, 2.24) is 10.2 Å². The second-order valence-electron chi connectivity index (χ2n) is 5.82. The summed E-state index contributed by atoms with van der Waals surface area (Å²) < 4.78 is 1.20. The van der Waals surface area contributed by atoms with Gasteiger partial charge in [-0.3, -0.25) is 4.90 Å². The summed E-state index contributed by atoms with van der Waals surface area (Å²) in [6.07, 6.45) is 0. The summed E-state index contributed by atoms with van der Waals surface area (Å²) in [7, 11) is 2.22. The monoisotopic (exact) mass is 339 g/mol. The minimum absolute atomic E-state index is 0.596. The third-order valence-electron chi connectivity index (χ3n) is 4.33. The van der Waals surface area contributed by atoms with Crippen molar-refractivity contribution in [3.8, 4) is 0 Å². The van der Waals surface area contributed by atoms with Crippen LogP contribution in [0.2, 0.25) is 0 Å². The van der Waals surface area contributed by atoms with E-state index < -0.39 is 0 Å². The van der Waals surface area contributed by atoms with Crippen LogP contribution < -0.4 is 10.2 Å². The van der Waals surface area contributed by atoms with E-state index in [1.807, 2.05) is 0 Å². The van der Waals surface area contributed by atoms with Crippen LogP contribution in [0.5, 0.6) is 0 Å². The van der Waals surface area contributed by atoms with Crippen LogP contribution in [-0.2, 0) is 6.54 Å². The number of anilines is 1. The predicted molar refractivity (Wildman–Crippen MR) is 90.4 cm³/mol. The molecule has 1 aliphatic rings. The molecule has 0 aromatic heterocycles. The normalized spacial score (nSPS) is 24.1. The fourth-order valence-electron chi connectivity index (χ4n) is 2.75. The van der Waals surface area contributed by atoms with Gasteiger partial charge >= 0.3 is 0 Å². The molecule has 20 heavy (non-hydrogen) atoms. The summed E-state index contributed by atoms with van der Waals surface area (Å²) in [6.45, 7) is 10.9. The Labute approximate surface area is 131 Å². The van der Waals surface area contributed by atoms with E-state index in [0.717, 1.165) is 26.2 Å². The molecule has 1 saturated heterocycles. The number of likely N-dealkylation sites (N-methyl/N-ethyl adjacent to an activating group) is 1. The lowest BCUT2D eigenvalue weighted by molar-refractivity contribution is 0.170. The zero-order valence-electron chi connectivity index (χ0n) is 13.0. The Balaban J connectivity index is 2.11. The van der Waals surface area contributed by atoms with Crippen molar-refractivity contribution in [3.05, 3.63) is 28.2 Å². The van der Waals surface area contributed by atoms with Gasteiger partial charge in [-0.05, 0) is 45.1 Å². The molecule has 2 atom stereocenters. The Kier molecular flexibility index (Phi) is 5.47. The maximum absolute atomic E-state index is 3.71. The average Bonchev–Trinajstić information content (AvgIpc) is 2.43. The summed E-state index contributed by atoms with van der Waals surface area (Å²) in [4.78, 5) is 4.96. The van der Waals surface area contributed by atoms with E-state index in [0.29, 0.717) is 12.1 Å². The van der Waals surface area contributed by atoms with Gasteiger partial charge in [0.05, 0.1) is 0 Å². The van der Waals surface area contributed by atoms with Gasteiger partial charge in [-0.25, -0.2) is 0 Å². The fourth-order valence-corrected chi connectivity index (χ4v) is 3.26. The first-order valence-electron chi connectivity index (χ1n) is 7.49. The van der Waals surface area contributed by atoms with E-state index in [2.05, 4.69) is 77.1 Å². The maximum Gasteiger partial charge on any atom is 0.0378 e. The third-order valence-corrected chi connectivity index (χ3v) is 5.07. The topological polar surface area (TPSA) is 18.5 Å². The molecule has 2 rings (SSSR count). The van der Waals surface area contributed by atoms with Crippen molar-refractivity contribution in [2.75, 3.05) is 31.6 Å². The van der Waals surface area contributed by atoms with Gasteiger partial charge in [0.15, 0.2) is 0 Å². The summed E-state index contributed by atoms with van der Waals surface area (Å²) >= 11 is 3.71. The van der Waals surface area contributed by atoms with Crippen molar-refractivity contribution in [3.63, 3.8) is 0 Å². The Morgan fingerprint density at radius 3 is 2.45 bits per heavy atom. The molecule has 1 aliphatic heterocycles. The minimum atomic E-state index is 0.596. The molecule has 0 bridgehead atoms. The minimum Gasteiger partial charge on any atom is -0.368 e. The van der Waals surface area contributed by atoms with Gasteiger partial charge < -0.3 is 10.2 Å². The molecule has 112 valence electrons. The van der Waals surface area contributed by atoms with Crippen LogP contribution in [0.1, 0.15) is 26.3 Å². The lowest BCUT2D eigenvalue weighted by Crippen LogP contribution is -2.55. The van der Waals surface area contributed by atoms with E-state index in [9.17, 15) is 0 Å². The molecule has 0 amide bonds. The van der Waals surface area contributed by atoms with Gasteiger partial charge in [0, 0.05) is 41.9 Å². The third kappa shape index (κ3) is 3.54. The van der Waals surface area contributed by atoms with E-state index in [1.54, 1.807) is 0 Å². The molecule has 1 aromatic carbocycles. The van der Waals surface area contributed by atoms with Crippen LogP contribution in [0.25, 0.3) is 0 Å². The average molecular weight is 340 g/mol. The van der Waals surface area contributed by atoms with Gasteiger partial charge in [0.1, 0.15) is 0 Å². The standard InChI is InChI=1S/C16H26BrN3/c1-5-18-9-14-6-7-15(8-16(14)17)20-10-12(2)19(4)13(3)11-20/h6-8,12-13,18H,5,9-11H2,1-4H3. The lowest BCUT2D eigenvalue weighted by Gasteiger charge is -2.43. The first kappa shape index (κ1) is 15.8. The van der Waals surface area contributed by atoms with Crippen LogP contribution in [0.15, 0.2) is 22.7 Å². The van der Waals surface area contributed by atoms with E-state index in [-0.39, 0.29) is 0 Å². The van der Waals surface area contributed by atoms with Crippen molar-refractivity contribution in [2.24, 2.45) is 0 Å². The molecule has 1 N–H and O–H groups in total. The van der Waals surface area contributed by atoms with E-state index in [1.165, 1.54) is 15.7 Å². The second-order valence-corrected chi connectivity index (χ2v) is 6.68. The number of rotatable bonds is 4. The van der Waals surface area contributed by atoms with Crippen molar-refractivity contribution in [2.45, 2.75) is 39.4 Å². The molecule has 4 heteroatoms. The number of hydrogen-bond acceptors (Lipinski definition) is 3. The fraction of sp³-hybridized carbons (Fsp3) is 0.625. The number of piperazine rings is 1. The molecule has 1 heterocycles. The number of benzene rings is 1. The number of nitrogens with zero attached hydrogens (tertiary/aromatic N) is 2. The van der Waals surface area contributed by atoms with Gasteiger partial charge in [0.25, 0.3) is 0 Å². The highest BCUT2D eigenvalue weighted by atomic mass is 79.9. The number of nitrogens with one attached hydrogen (secondary N) is 1. The van der Waals surface area contributed by atoms with E-state index in [4.69, 9.17) is 0 Å². The van der Waals surface area contributed by atoms with Crippen molar-refractivity contribution in [1.29, 1.82) is 0 Å². The zero-order valence-corrected chi connectivity index (χ0v) is 14.6. The molecule has 0 aliphatic carbocycles. The molecular weight excluding hydrogens is 314 g/mol. The molecule has 0 spiro atoms. The SMILES string of the molecule is CCNCc1ccc(N2CC(C)N(C)C(C)C2)cc1Br. The molecule has 2 unspecified atom stereocenters. The Bertz CT molecular complexity index is 437.